The predicted molar refractivity (Wildman–Crippen MR) is 91.1 cm³/mol. The van der Waals surface area contributed by atoms with E-state index in [1.165, 1.54) is 0 Å². The molecule has 0 aromatic heterocycles. The Bertz CT molecular complexity index is 514. The second kappa shape index (κ2) is 8.41. The lowest BCUT2D eigenvalue weighted by molar-refractivity contribution is -0.127. The Labute approximate surface area is 140 Å². The molecule has 1 saturated heterocycles. The first-order chi connectivity index (χ1) is 9.60. The van der Waals surface area contributed by atoms with Gasteiger partial charge >= 0.3 is 0 Å². The fourth-order valence-corrected chi connectivity index (χ4v) is 2.64. The lowest BCUT2D eigenvalue weighted by Gasteiger charge is -2.31. The monoisotopic (exact) mass is 374 g/mol. The molecule has 1 amide bonds. The van der Waals surface area contributed by atoms with Crippen molar-refractivity contribution in [1.82, 2.24) is 9.80 Å². The van der Waals surface area contributed by atoms with Gasteiger partial charge in [0.1, 0.15) is 5.75 Å². The van der Waals surface area contributed by atoms with Crippen LogP contribution in [0, 0.1) is 0 Å². The molecule has 0 spiro atoms. The fourth-order valence-electron chi connectivity index (χ4n) is 2.09. The van der Waals surface area contributed by atoms with Crippen LogP contribution in [0.2, 0.25) is 0 Å². The van der Waals surface area contributed by atoms with E-state index >= 15 is 0 Å². The van der Waals surface area contributed by atoms with E-state index in [0.29, 0.717) is 0 Å². The molecule has 1 fully saturated rings. The van der Waals surface area contributed by atoms with Crippen LogP contribution >= 0.6 is 28.3 Å². The molecule has 1 aliphatic rings. The molecule has 1 aliphatic heterocycles. The number of piperazine rings is 1. The molecule has 2 rings (SSSR count). The maximum absolute atomic E-state index is 12.1. The summed E-state index contributed by atoms with van der Waals surface area (Å²) in [6, 6.07) is 5.74. The van der Waals surface area contributed by atoms with Crippen molar-refractivity contribution in [1.29, 1.82) is 0 Å². The predicted octanol–water partition coefficient (Wildman–Crippen LogP) is 2.67. The summed E-state index contributed by atoms with van der Waals surface area (Å²) in [7, 11) is 3.71. The average molecular weight is 376 g/mol. The Morgan fingerprint density at radius 3 is 2.52 bits per heavy atom. The molecule has 0 saturated carbocycles. The average Bonchev–Trinajstić information content (AvgIpc) is 2.45. The summed E-state index contributed by atoms with van der Waals surface area (Å²) in [5, 5.41) is 0. The third-order valence-corrected chi connectivity index (χ3v) is 4.03. The zero-order valence-electron chi connectivity index (χ0n) is 12.2. The SMILES string of the molecule is COc1ccc(/C=C/C(=O)N2CCN(C)CC2)cc1Br.Cl. The normalized spacial score (nSPS) is 15.9. The van der Waals surface area contributed by atoms with Crippen LogP contribution in [-0.4, -0.2) is 56.0 Å². The second-order valence-electron chi connectivity index (χ2n) is 4.86. The van der Waals surface area contributed by atoms with Gasteiger partial charge in [0.15, 0.2) is 0 Å². The Kier molecular flexibility index (Phi) is 7.22. The molecule has 1 aromatic rings. The highest BCUT2D eigenvalue weighted by Gasteiger charge is 2.16. The van der Waals surface area contributed by atoms with Crippen LogP contribution in [0.25, 0.3) is 6.08 Å². The second-order valence-corrected chi connectivity index (χ2v) is 5.71. The summed E-state index contributed by atoms with van der Waals surface area (Å²) in [6.45, 7) is 3.47. The summed E-state index contributed by atoms with van der Waals surface area (Å²) in [4.78, 5) is 16.2. The summed E-state index contributed by atoms with van der Waals surface area (Å²) < 4.78 is 6.06. The number of halogens is 2. The van der Waals surface area contributed by atoms with Crippen LogP contribution in [0.1, 0.15) is 5.56 Å². The van der Waals surface area contributed by atoms with Gasteiger partial charge in [-0.3, -0.25) is 4.79 Å². The van der Waals surface area contributed by atoms with Gasteiger partial charge in [0, 0.05) is 32.3 Å². The number of ether oxygens (including phenoxy) is 1. The molecule has 0 radical (unpaired) electrons. The maximum Gasteiger partial charge on any atom is 0.246 e. The highest BCUT2D eigenvalue weighted by atomic mass is 79.9. The molecule has 116 valence electrons. The van der Waals surface area contributed by atoms with E-state index in [1.807, 2.05) is 29.2 Å². The van der Waals surface area contributed by atoms with Crippen molar-refractivity contribution >= 4 is 40.3 Å². The van der Waals surface area contributed by atoms with E-state index in [0.717, 1.165) is 42.0 Å². The number of nitrogens with zero attached hydrogens (tertiary/aromatic N) is 2. The van der Waals surface area contributed by atoms with E-state index < -0.39 is 0 Å². The zero-order valence-corrected chi connectivity index (χ0v) is 14.6. The van der Waals surface area contributed by atoms with E-state index in [9.17, 15) is 4.79 Å². The van der Waals surface area contributed by atoms with Gasteiger partial charge in [-0.15, -0.1) is 12.4 Å². The Morgan fingerprint density at radius 2 is 1.95 bits per heavy atom. The minimum Gasteiger partial charge on any atom is -0.496 e. The maximum atomic E-state index is 12.1. The quantitative estimate of drug-likeness (QED) is 0.762. The Morgan fingerprint density at radius 1 is 1.29 bits per heavy atom. The number of methoxy groups -OCH3 is 1. The lowest BCUT2D eigenvalue weighted by Crippen LogP contribution is -2.46. The molecule has 0 atom stereocenters. The van der Waals surface area contributed by atoms with Gasteiger partial charge in [-0.2, -0.15) is 0 Å². The van der Waals surface area contributed by atoms with Crippen LogP contribution in [0.15, 0.2) is 28.7 Å². The number of benzene rings is 1. The summed E-state index contributed by atoms with van der Waals surface area (Å²) >= 11 is 3.44. The molecule has 0 N–H and O–H groups in total. The molecular weight excluding hydrogens is 356 g/mol. The minimum atomic E-state index is 0. The fraction of sp³-hybridized carbons (Fsp3) is 0.400. The van der Waals surface area contributed by atoms with Crippen molar-refractivity contribution in [3.8, 4) is 5.75 Å². The van der Waals surface area contributed by atoms with Gasteiger partial charge in [-0.25, -0.2) is 0 Å². The first-order valence-corrected chi connectivity index (χ1v) is 7.38. The van der Waals surface area contributed by atoms with E-state index in [4.69, 9.17) is 4.74 Å². The number of carbonyl (C=O) groups is 1. The van der Waals surface area contributed by atoms with Crippen LogP contribution in [0.5, 0.6) is 5.75 Å². The highest BCUT2D eigenvalue weighted by Crippen LogP contribution is 2.25. The molecule has 0 unspecified atom stereocenters. The van der Waals surface area contributed by atoms with Gasteiger partial charge in [0.2, 0.25) is 5.91 Å². The molecule has 6 heteroatoms. The third-order valence-electron chi connectivity index (χ3n) is 3.41. The van der Waals surface area contributed by atoms with E-state index in [2.05, 4.69) is 27.9 Å². The smallest absolute Gasteiger partial charge is 0.246 e. The summed E-state index contributed by atoms with van der Waals surface area (Å²) in [5.74, 6) is 0.859. The molecule has 4 nitrogen and oxygen atoms in total. The van der Waals surface area contributed by atoms with E-state index in [-0.39, 0.29) is 18.3 Å². The molecule has 1 aromatic carbocycles. The largest absolute Gasteiger partial charge is 0.496 e. The van der Waals surface area contributed by atoms with E-state index in [1.54, 1.807) is 13.2 Å². The van der Waals surface area contributed by atoms with Gasteiger partial charge in [0.05, 0.1) is 11.6 Å². The van der Waals surface area contributed by atoms with Crippen LogP contribution in [0.4, 0.5) is 0 Å². The van der Waals surface area contributed by atoms with Crippen molar-refractivity contribution < 1.29 is 9.53 Å². The zero-order chi connectivity index (χ0) is 14.5. The highest BCUT2D eigenvalue weighted by molar-refractivity contribution is 9.10. The molecule has 0 bridgehead atoms. The van der Waals surface area contributed by atoms with Crippen molar-refractivity contribution in [2.24, 2.45) is 0 Å². The summed E-state index contributed by atoms with van der Waals surface area (Å²) in [6.07, 6.45) is 3.48. The number of likely N-dealkylation sites (N-methyl/N-ethyl adjacent to an activating group) is 1. The van der Waals surface area contributed by atoms with Crippen LogP contribution in [0.3, 0.4) is 0 Å². The van der Waals surface area contributed by atoms with Crippen LogP contribution in [-0.2, 0) is 4.79 Å². The minimum absolute atomic E-state index is 0. The van der Waals surface area contributed by atoms with Crippen molar-refractivity contribution in [2.75, 3.05) is 40.3 Å². The van der Waals surface area contributed by atoms with Gasteiger partial charge in [0.25, 0.3) is 0 Å². The molecule has 0 aliphatic carbocycles. The van der Waals surface area contributed by atoms with Crippen molar-refractivity contribution in [3.05, 3.63) is 34.3 Å². The number of rotatable bonds is 3. The third kappa shape index (κ3) is 5.02. The standard InChI is InChI=1S/C15H19BrN2O2.ClH/c1-17-7-9-18(10-8-17)15(19)6-4-12-3-5-14(20-2)13(16)11-12;/h3-6,11H,7-10H2,1-2H3;1H/b6-4+;. The number of hydrogen-bond acceptors (Lipinski definition) is 3. The lowest BCUT2D eigenvalue weighted by atomic mass is 10.2. The Hall–Kier alpha value is -1.04. The first kappa shape index (κ1) is 18.0. The van der Waals surface area contributed by atoms with Crippen LogP contribution < -0.4 is 4.74 Å². The van der Waals surface area contributed by atoms with Crippen molar-refractivity contribution in [2.45, 2.75) is 0 Å². The Balaban J connectivity index is 0.00000220. The first-order valence-electron chi connectivity index (χ1n) is 6.59. The van der Waals surface area contributed by atoms with Gasteiger partial charge in [-0.1, -0.05) is 6.07 Å². The topological polar surface area (TPSA) is 32.8 Å². The molecule has 21 heavy (non-hydrogen) atoms. The number of carbonyl (C=O) groups excluding carboxylic acids is 1. The van der Waals surface area contributed by atoms with Gasteiger partial charge < -0.3 is 14.5 Å². The number of amides is 1. The number of hydrogen-bond donors (Lipinski definition) is 0. The molecule has 1 heterocycles. The summed E-state index contributed by atoms with van der Waals surface area (Å²) in [5.41, 5.74) is 0.972. The van der Waals surface area contributed by atoms with Crippen molar-refractivity contribution in [3.63, 3.8) is 0 Å². The van der Waals surface area contributed by atoms with Gasteiger partial charge in [-0.05, 0) is 46.7 Å². The molecular formula is C15H20BrClN2O2.